The minimum absolute atomic E-state index is 0.263. The van der Waals surface area contributed by atoms with Gasteiger partial charge in [-0.05, 0) is 43.0 Å². The average molecular weight is 409 g/mol. The van der Waals surface area contributed by atoms with Crippen LogP contribution in [0.3, 0.4) is 0 Å². The van der Waals surface area contributed by atoms with E-state index in [1.54, 1.807) is 0 Å². The van der Waals surface area contributed by atoms with E-state index in [0.29, 0.717) is 26.1 Å². The van der Waals surface area contributed by atoms with Gasteiger partial charge in [-0.15, -0.1) is 0 Å². The van der Waals surface area contributed by atoms with Gasteiger partial charge in [-0.1, -0.05) is 42.5 Å². The fourth-order valence-corrected chi connectivity index (χ4v) is 3.34. The van der Waals surface area contributed by atoms with E-state index in [2.05, 4.69) is 46.8 Å². The van der Waals surface area contributed by atoms with Crippen LogP contribution in [0.5, 0.6) is 5.75 Å². The molecule has 2 aromatic rings. The van der Waals surface area contributed by atoms with E-state index in [4.69, 9.17) is 4.74 Å². The molecule has 1 aliphatic heterocycles. The lowest BCUT2D eigenvalue weighted by atomic mass is 10.1. The van der Waals surface area contributed by atoms with Crippen LogP contribution in [-0.4, -0.2) is 43.0 Å². The van der Waals surface area contributed by atoms with Gasteiger partial charge in [0.1, 0.15) is 5.75 Å². The first-order valence-electron chi connectivity index (χ1n) is 10.8. The first kappa shape index (κ1) is 21.7. The van der Waals surface area contributed by atoms with Crippen LogP contribution >= 0.6 is 0 Å². The monoisotopic (exact) mass is 408 g/mol. The number of carbonyl (C=O) groups is 1. The SMILES string of the molecule is CCNC(=NCc1ccc(CN2CCCC2=O)cc1)NCCCOc1ccccc1. The Hall–Kier alpha value is -3.02. The number of benzene rings is 2. The second kappa shape index (κ2) is 11.9. The summed E-state index contributed by atoms with van der Waals surface area (Å²) in [6.07, 6.45) is 2.55. The van der Waals surface area contributed by atoms with Gasteiger partial charge in [0.05, 0.1) is 13.2 Å². The van der Waals surface area contributed by atoms with Crippen molar-refractivity contribution in [2.24, 2.45) is 4.99 Å². The van der Waals surface area contributed by atoms with Crippen LogP contribution in [0.4, 0.5) is 0 Å². The molecule has 1 saturated heterocycles. The van der Waals surface area contributed by atoms with Gasteiger partial charge in [0.15, 0.2) is 5.96 Å². The van der Waals surface area contributed by atoms with Crippen molar-refractivity contribution >= 4 is 11.9 Å². The standard InChI is InChI=1S/C24H32N4O2/c1-2-25-24(26-15-7-17-30-22-8-4-3-5-9-22)27-18-20-11-13-21(14-12-20)19-28-16-6-10-23(28)29/h3-5,8-9,11-14H,2,6-7,10,15-19H2,1H3,(H2,25,26,27). The van der Waals surface area contributed by atoms with Crippen molar-refractivity contribution in [2.45, 2.75) is 39.3 Å². The summed E-state index contributed by atoms with van der Waals surface area (Å²) in [7, 11) is 0. The molecule has 0 aromatic heterocycles. The summed E-state index contributed by atoms with van der Waals surface area (Å²) in [5, 5.41) is 6.64. The number of hydrogen-bond donors (Lipinski definition) is 2. The van der Waals surface area contributed by atoms with Gasteiger partial charge < -0.3 is 20.3 Å². The third-order valence-corrected chi connectivity index (χ3v) is 4.96. The highest BCUT2D eigenvalue weighted by Gasteiger charge is 2.19. The number of rotatable bonds is 10. The number of carbonyl (C=O) groups excluding carboxylic acids is 1. The topological polar surface area (TPSA) is 66.0 Å². The van der Waals surface area contributed by atoms with Gasteiger partial charge >= 0.3 is 0 Å². The maximum atomic E-state index is 11.8. The molecule has 6 nitrogen and oxygen atoms in total. The molecule has 0 atom stereocenters. The maximum absolute atomic E-state index is 11.8. The molecule has 3 rings (SSSR count). The zero-order chi connectivity index (χ0) is 21.0. The van der Waals surface area contributed by atoms with E-state index in [-0.39, 0.29) is 5.91 Å². The molecule has 1 amide bonds. The van der Waals surface area contributed by atoms with Crippen molar-refractivity contribution in [3.63, 3.8) is 0 Å². The second-order valence-electron chi connectivity index (χ2n) is 7.37. The molecule has 2 aromatic carbocycles. The van der Waals surface area contributed by atoms with E-state index < -0.39 is 0 Å². The quantitative estimate of drug-likeness (QED) is 0.360. The molecule has 0 bridgehead atoms. The minimum Gasteiger partial charge on any atom is -0.494 e. The van der Waals surface area contributed by atoms with Gasteiger partial charge in [0, 0.05) is 32.6 Å². The molecular weight excluding hydrogens is 376 g/mol. The average Bonchev–Trinajstić information content (AvgIpc) is 3.18. The number of para-hydroxylation sites is 1. The highest BCUT2D eigenvalue weighted by Crippen LogP contribution is 2.15. The third-order valence-electron chi connectivity index (χ3n) is 4.96. The molecule has 6 heteroatoms. The number of guanidine groups is 1. The summed E-state index contributed by atoms with van der Waals surface area (Å²) in [4.78, 5) is 18.4. The molecule has 0 saturated carbocycles. The first-order chi connectivity index (χ1) is 14.7. The fourth-order valence-electron chi connectivity index (χ4n) is 3.34. The molecule has 160 valence electrons. The summed E-state index contributed by atoms with van der Waals surface area (Å²) in [6, 6.07) is 18.2. The van der Waals surface area contributed by atoms with Gasteiger partial charge in [0.25, 0.3) is 0 Å². The lowest BCUT2D eigenvalue weighted by Crippen LogP contribution is -2.38. The highest BCUT2D eigenvalue weighted by atomic mass is 16.5. The Morgan fingerprint density at radius 1 is 1.07 bits per heavy atom. The third kappa shape index (κ3) is 7.10. The zero-order valence-electron chi connectivity index (χ0n) is 17.8. The van der Waals surface area contributed by atoms with Crippen LogP contribution in [0.15, 0.2) is 59.6 Å². The Kier molecular flexibility index (Phi) is 8.57. The summed E-state index contributed by atoms with van der Waals surface area (Å²) in [5.41, 5.74) is 2.32. The largest absolute Gasteiger partial charge is 0.494 e. The Balaban J connectivity index is 1.41. The summed E-state index contributed by atoms with van der Waals surface area (Å²) in [5.74, 6) is 1.97. The molecule has 0 radical (unpaired) electrons. The van der Waals surface area contributed by atoms with Crippen molar-refractivity contribution in [3.8, 4) is 5.75 Å². The molecule has 30 heavy (non-hydrogen) atoms. The molecule has 1 fully saturated rings. The number of nitrogens with zero attached hydrogens (tertiary/aromatic N) is 2. The van der Waals surface area contributed by atoms with Crippen LogP contribution in [0.1, 0.15) is 37.3 Å². The number of amides is 1. The Morgan fingerprint density at radius 3 is 2.53 bits per heavy atom. The van der Waals surface area contributed by atoms with Crippen LogP contribution < -0.4 is 15.4 Å². The Morgan fingerprint density at radius 2 is 1.83 bits per heavy atom. The van der Waals surface area contributed by atoms with Gasteiger partial charge in [-0.25, -0.2) is 4.99 Å². The minimum atomic E-state index is 0.263. The van der Waals surface area contributed by atoms with Crippen molar-refractivity contribution in [3.05, 3.63) is 65.7 Å². The molecule has 1 aliphatic rings. The summed E-state index contributed by atoms with van der Waals surface area (Å²) >= 11 is 0. The predicted octanol–water partition coefficient (Wildman–Crippen LogP) is 3.33. The molecule has 2 N–H and O–H groups in total. The summed E-state index contributed by atoms with van der Waals surface area (Å²) in [6.45, 7) is 6.52. The smallest absolute Gasteiger partial charge is 0.222 e. The van der Waals surface area contributed by atoms with Crippen LogP contribution in [0.2, 0.25) is 0 Å². The highest BCUT2D eigenvalue weighted by molar-refractivity contribution is 5.79. The zero-order valence-corrected chi connectivity index (χ0v) is 17.8. The predicted molar refractivity (Wildman–Crippen MR) is 120 cm³/mol. The van der Waals surface area contributed by atoms with Gasteiger partial charge in [-0.2, -0.15) is 0 Å². The lowest BCUT2D eigenvalue weighted by molar-refractivity contribution is -0.128. The van der Waals surface area contributed by atoms with Crippen LogP contribution in [-0.2, 0) is 17.9 Å². The maximum Gasteiger partial charge on any atom is 0.222 e. The molecule has 0 unspecified atom stereocenters. The molecule has 0 aliphatic carbocycles. The molecule has 0 spiro atoms. The second-order valence-corrected chi connectivity index (χ2v) is 7.37. The van der Waals surface area contributed by atoms with Crippen LogP contribution in [0.25, 0.3) is 0 Å². The molecule has 1 heterocycles. The summed E-state index contributed by atoms with van der Waals surface area (Å²) < 4.78 is 5.72. The van der Waals surface area contributed by atoms with E-state index in [0.717, 1.165) is 49.7 Å². The number of ether oxygens (including phenoxy) is 1. The fraction of sp³-hybridized carbons (Fsp3) is 0.417. The van der Waals surface area contributed by atoms with E-state index in [9.17, 15) is 4.79 Å². The number of nitrogens with one attached hydrogen (secondary N) is 2. The normalized spacial score (nSPS) is 14.1. The van der Waals surface area contributed by atoms with E-state index in [1.165, 1.54) is 5.56 Å². The number of hydrogen-bond acceptors (Lipinski definition) is 3. The van der Waals surface area contributed by atoms with Crippen molar-refractivity contribution in [1.29, 1.82) is 0 Å². The lowest BCUT2D eigenvalue weighted by Gasteiger charge is -2.15. The van der Waals surface area contributed by atoms with Crippen molar-refractivity contribution < 1.29 is 9.53 Å². The Bertz CT molecular complexity index is 806. The number of aliphatic imine (C=N–C) groups is 1. The Labute approximate surface area is 179 Å². The van der Waals surface area contributed by atoms with Crippen LogP contribution in [0, 0.1) is 0 Å². The number of likely N-dealkylation sites (tertiary alicyclic amines) is 1. The van der Waals surface area contributed by atoms with Gasteiger partial charge in [-0.3, -0.25) is 4.79 Å². The van der Waals surface area contributed by atoms with Gasteiger partial charge in [0.2, 0.25) is 5.91 Å². The first-order valence-corrected chi connectivity index (χ1v) is 10.8. The van der Waals surface area contributed by atoms with E-state index >= 15 is 0 Å². The van der Waals surface area contributed by atoms with E-state index in [1.807, 2.05) is 35.2 Å². The van der Waals surface area contributed by atoms with Crippen molar-refractivity contribution in [1.82, 2.24) is 15.5 Å². The van der Waals surface area contributed by atoms with Crippen molar-refractivity contribution in [2.75, 3.05) is 26.2 Å². The molecular formula is C24H32N4O2.